The molecule has 4 nitrogen and oxygen atoms in total. The van der Waals surface area contributed by atoms with Gasteiger partial charge in [0, 0.05) is 6.26 Å². The quantitative estimate of drug-likeness (QED) is 0.893. The zero-order valence-corrected chi connectivity index (χ0v) is 11.0. The highest BCUT2D eigenvalue weighted by molar-refractivity contribution is 7.90. The van der Waals surface area contributed by atoms with Gasteiger partial charge in [-0.1, -0.05) is 24.3 Å². The number of aliphatic carboxylic acids is 1. The minimum absolute atomic E-state index is 0.0761. The Bertz CT molecular complexity index is 549. The van der Waals surface area contributed by atoms with Crippen LogP contribution in [-0.4, -0.2) is 31.5 Å². The molecule has 1 aliphatic carbocycles. The van der Waals surface area contributed by atoms with Crippen LogP contribution >= 0.6 is 0 Å². The highest BCUT2D eigenvalue weighted by Crippen LogP contribution is 2.40. The number of hydrogen-bond acceptors (Lipinski definition) is 3. The van der Waals surface area contributed by atoms with Crippen LogP contribution < -0.4 is 0 Å². The Kier molecular flexibility index (Phi) is 3.19. The van der Waals surface area contributed by atoms with Crippen molar-refractivity contribution in [2.24, 2.45) is 5.41 Å². The second kappa shape index (κ2) is 4.39. The summed E-state index contributed by atoms with van der Waals surface area (Å²) in [5, 5.41) is 9.44. The summed E-state index contributed by atoms with van der Waals surface area (Å²) >= 11 is 0. The number of rotatable bonds is 4. The molecule has 2 rings (SSSR count). The molecule has 0 fully saturated rings. The summed E-state index contributed by atoms with van der Waals surface area (Å²) in [5.41, 5.74) is 1.09. The predicted molar refractivity (Wildman–Crippen MR) is 68.2 cm³/mol. The van der Waals surface area contributed by atoms with Crippen molar-refractivity contribution in [3.63, 3.8) is 0 Å². The van der Waals surface area contributed by atoms with E-state index in [9.17, 15) is 18.3 Å². The van der Waals surface area contributed by atoms with Crippen LogP contribution in [0.1, 0.15) is 17.5 Å². The van der Waals surface area contributed by atoms with Crippen LogP contribution in [0.5, 0.6) is 0 Å². The van der Waals surface area contributed by atoms with E-state index in [4.69, 9.17) is 0 Å². The molecule has 0 aliphatic heterocycles. The second-order valence-corrected chi connectivity index (χ2v) is 7.35. The van der Waals surface area contributed by atoms with E-state index in [1.165, 1.54) is 0 Å². The number of sulfone groups is 1. The summed E-state index contributed by atoms with van der Waals surface area (Å²) in [6.07, 6.45) is 2.17. The third kappa shape index (κ3) is 2.56. The Labute approximate surface area is 107 Å². The molecule has 1 N–H and O–H groups in total. The van der Waals surface area contributed by atoms with Gasteiger partial charge in [-0.2, -0.15) is 0 Å². The zero-order valence-electron chi connectivity index (χ0n) is 10.2. The highest BCUT2D eigenvalue weighted by atomic mass is 32.2. The Morgan fingerprint density at radius 3 is 2.17 bits per heavy atom. The molecule has 0 bridgehead atoms. The van der Waals surface area contributed by atoms with E-state index in [0.29, 0.717) is 12.8 Å². The summed E-state index contributed by atoms with van der Waals surface area (Å²) in [4.78, 5) is 11.5. The molecule has 1 aromatic carbocycles. The van der Waals surface area contributed by atoms with Crippen LogP contribution in [0, 0.1) is 5.41 Å². The van der Waals surface area contributed by atoms with E-state index >= 15 is 0 Å². The summed E-state index contributed by atoms with van der Waals surface area (Å²) in [6, 6.07) is 7.60. The first kappa shape index (κ1) is 13.1. The molecule has 5 heteroatoms. The fourth-order valence-electron chi connectivity index (χ4n) is 2.51. The number of hydrogen-bond donors (Lipinski definition) is 1. The first-order valence-corrected chi connectivity index (χ1v) is 7.86. The molecule has 0 atom stereocenters. The highest BCUT2D eigenvalue weighted by Gasteiger charge is 2.44. The number of carbonyl (C=O) groups is 1. The fraction of sp³-hybridized carbons (Fsp3) is 0.462. The van der Waals surface area contributed by atoms with Crippen LogP contribution in [0.4, 0.5) is 0 Å². The van der Waals surface area contributed by atoms with Crippen molar-refractivity contribution < 1.29 is 18.3 Å². The third-order valence-corrected chi connectivity index (χ3v) is 4.53. The van der Waals surface area contributed by atoms with Crippen molar-refractivity contribution in [1.82, 2.24) is 0 Å². The van der Waals surface area contributed by atoms with E-state index in [-0.39, 0.29) is 12.2 Å². The van der Waals surface area contributed by atoms with Crippen molar-refractivity contribution in [3.8, 4) is 0 Å². The van der Waals surface area contributed by atoms with Gasteiger partial charge in [0.1, 0.15) is 9.84 Å². The van der Waals surface area contributed by atoms with Gasteiger partial charge >= 0.3 is 5.97 Å². The molecule has 0 spiro atoms. The fourth-order valence-corrected chi connectivity index (χ4v) is 3.27. The van der Waals surface area contributed by atoms with Crippen LogP contribution in [0.15, 0.2) is 24.3 Å². The van der Waals surface area contributed by atoms with Crippen molar-refractivity contribution in [2.45, 2.75) is 19.3 Å². The molecule has 0 unspecified atom stereocenters. The lowest BCUT2D eigenvalue weighted by molar-refractivity contribution is -0.148. The van der Waals surface area contributed by atoms with Crippen molar-refractivity contribution in [1.29, 1.82) is 0 Å². The largest absolute Gasteiger partial charge is 0.481 e. The van der Waals surface area contributed by atoms with Gasteiger partial charge in [0.15, 0.2) is 0 Å². The van der Waals surface area contributed by atoms with Crippen molar-refractivity contribution >= 4 is 15.8 Å². The van der Waals surface area contributed by atoms with Gasteiger partial charge in [0.05, 0.1) is 11.2 Å². The van der Waals surface area contributed by atoms with E-state index in [2.05, 4.69) is 0 Å². The zero-order chi connectivity index (χ0) is 13.4. The van der Waals surface area contributed by atoms with Crippen LogP contribution in [0.2, 0.25) is 0 Å². The standard InChI is InChI=1S/C13H16O4S/c1-18(16,17)7-6-13(12(14)15)8-10-4-2-3-5-11(10)9-13/h2-5H,6-9H2,1H3,(H,14,15). The van der Waals surface area contributed by atoms with Gasteiger partial charge in [0.2, 0.25) is 0 Å². The van der Waals surface area contributed by atoms with Gasteiger partial charge < -0.3 is 5.11 Å². The monoisotopic (exact) mass is 268 g/mol. The van der Waals surface area contributed by atoms with Gasteiger partial charge in [0.25, 0.3) is 0 Å². The molecule has 98 valence electrons. The molecule has 0 aromatic heterocycles. The Morgan fingerprint density at radius 2 is 1.78 bits per heavy atom. The summed E-state index contributed by atoms with van der Waals surface area (Å²) in [5.74, 6) is -0.977. The number of benzene rings is 1. The topological polar surface area (TPSA) is 71.4 Å². The predicted octanol–water partition coefficient (Wildman–Crippen LogP) is 1.29. The second-order valence-electron chi connectivity index (χ2n) is 5.09. The first-order valence-electron chi connectivity index (χ1n) is 5.80. The average molecular weight is 268 g/mol. The minimum Gasteiger partial charge on any atom is -0.481 e. The van der Waals surface area contributed by atoms with E-state index in [0.717, 1.165) is 17.4 Å². The summed E-state index contributed by atoms with van der Waals surface area (Å²) in [6.45, 7) is 0. The summed E-state index contributed by atoms with van der Waals surface area (Å²) in [7, 11) is -3.13. The normalized spacial score (nSPS) is 17.4. The van der Waals surface area contributed by atoms with Crippen LogP contribution in [0.25, 0.3) is 0 Å². The molecule has 0 saturated heterocycles. The molecule has 0 radical (unpaired) electrons. The molecule has 1 aliphatic rings. The number of fused-ring (bicyclic) bond motifs is 1. The minimum atomic E-state index is -3.13. The Morgan fingerprint density at radius 1 is 1.28 bits per heavy atom. The maximum atomic E-state index is 11.5. The molecule has 1 aromatic rings. The van der Waals surface area contributed by atoms with Crippen LogP contribution in [0.3, 0.4) is 0 Å². The smallest absolute Gasteiger partial charge is 0.310 e. The molecular weight excluding hydrogens is 252 g/mol. The molecule has 18 heavy (non-hydrogen) atoms. The van der Waals surface area contributed by atoms with E-state index in [1.807, 2.05) is 24.3 Å². The van der Waals surface area contributed by atoms with E-state index in [1.54, 1.807) is 0 Å². The van der Waals surface area contributed by atoms with Crippen LogP contribution in [-0.2, 0) is 27.5 Å². The maximum absolute atomic E-state index is 11.5. The Hall–Kier alpha value is -1.36. The van der Waals surface area contributed by atoms with Gasteiger partial charge in [-0.05, 0) is 30.4 Å². The van der Waals surface area contributed by atoms with Gasteiger partial charge in [-0.15, -0.1) is 0 Å². The van der Waals surface area contributed by atoms with Gasteiger partial charge in [-0.3, -0.25) is 4.79 Å². The van der Waals surface area contributed by atoms with Crippen molar-refractivity contribution in [3.05, 3.63) is 35.4 Å². The average Bonchev–Trinajstić information content (AvgIpc) is 2.65. The molecule has 0 heterocycles. The SMILES string of the molecule is CS(=O)(=O)CCC1(C(=O)O)Cc2ccccc2C1. The number of carboxylic acid groups (broad SMARTS) is 1. The summed E-state index contributed by atoms with van der Waals surface area (Å²) < 4.78 is 22.5. The lowest BCUT2D eigenvalue weighted by Crippen LogP contribution is -2.34. The Balaban J connectivity index is 2.25. The van der Waals surface area contributed by atoms with E-state index < -0.39 is 21.2 Å². The molecule has 0 amide bonds. The lowest BCUT2D eigenvalue weighted by Gasteiger charge is -2.23. The lowest BCUT2D eigenvalue weighted by atomic mass is 9.82. The first-order chi connectivity index (χ1) is 8.32. The third-order valence-electron chi connectivity index (χ3n) is 3.58. The van der Waals surface area contributed by atoms with Gasteiger partial charge in [-0.25, -0.2) is 8.42 Å². The van der Waals surface area contributed by atoms with Crippen molar-refractivity contribution in [2.75, 3.05) is 12.0 Å². The molecule has 0 saturated carbocycles. The number of carboxylic acids is 1. The maximum Gasteiger partial charge on any atom is 0.310 e. The molecular formula is C13H16O4S.